The van der Waals surface area contributed by atoms with Gasteiger partial charge in [0.1, 0.15) is 12.4 Å². The predicted molar refractivity (Wildman–Crippen MR) is 126 cm³/mol. The molecule has 33 heavy (non-hydrogen) atoms. The van der Waals surface area contributed by atoms with E-state index in [1.54, 1.807) is 6.92 Å². The van der Waals surface area contributed by atoms with Crippen molar-refractivity contribution < 1.29 is 44.2 Å². The summed E-state index contributed by atoms with van der Waals surface area (Å²) in [5.41, 5.74) is 6.26. The molecule has 4 aromatic rings. The molecule has 0 spiro atoms. The molecule has 0 saturated heterocycles. The summed E-state index contributed by atoms with van der Waals surface area (Å²) >= 11 is 0. The van der Waals surface area contributed by atoms with Crippen molar-refractivity contribution in [3.63, 3.8) is 0 Å². The van der Waals surface area contributed by atoms with E-state index in [1.165, 1.54) is 0 Å². The van der Waals surface area contributed by atoms with Gasteiger partial charge in [0.05, 0.1) is 0 Å². The van der Waals surface area contributed by atoms with E-state index in [0.29, 0.717) is 13.0 Å². The first-order valence-corrected chi connectivity index (χ1v) is 10.8. The Morgan fingerprint density at radius 1 is 0.788 bits per heavy atom. The number of carboxylic acids is 1. The number of hydrogen-bond acceptors (Lipinski definition) is 3. The van der Waals surface area contributed by atoms with Gasteiger partial charge in [0.2, 0.25) is 0 Å². The molecule has 4 rings (SSSR count). The molecule has 0 fully saturated rings. The Hall–Kier alpha value is -2.85. The van der Waals surface area contributed by atoms with Gasteiger partial charge < -0.3 is 14.6 Å². The molecular weight excluding hydrogens is 419 g/mol. The number of hydrogen-bond donors (Lipinski definition) is 0. The van der Waals surface area contributed by atoms with Crippen molar-refractivity contribution in [1.82, 2.24) is 0 Å². The number of carbonyl (C=O) groups excluding carboxylic acids is 1. The van der Waals surface area contributed by atoms with Gasteiger partial charge in [-0.2, -0.15) is 0 Å². The topological polar surface area (TPSA) is 49.4 Å². The maximum Gasteiger partial charge on any atom is 1.00 e. The quantitative estimate of drug-likeness (QED) is 0.393. The van der Waals surface area contributed by atoms with Crippen LogP contribution >= 0.6 is 0 Å². The van der Waals surface area contributed by atoms with Crippen LogP contribution in [-0.4, -0.2) is 5.97 Å². The van der Waals surface area contributed by atoms with Crippen LogP contribution in [0.3, 0.4) is 0 Å². The Kier molecular flexibility index (Phi) is 8.90. The smallest absolute Gasteiger partial charge is 0.550 e. The molecule has 0 aromatic heterocycles. The van der Waals surface area contributed by atoms with Crippen LogP contribution in [0, 0.1) is 5.92 Å². The number of ether oxygens (including phenoxy) is 1. The van der Waals surface area contributed by atoms with Crippen molar-refractivity contribution in [3.8, 4) is 28.0 Å². The number of rotatable bonds is 8. The number of aliphatic carboxylic acids is 1. The zero-order valence-electron chi connectivity index (χ0n) is 19.0. The predicted octanol–water partition coefficient (Wildman–Crippen LogP) is 2.53. The first kappa shape index (κ1) is 24.8. The van der Waals surface area contributed by atoms with E-state index >= 15 is 0 Å². The van der Waals surface area contributed by atoms with Gasteiger partial charge >= 0.3 is 29.6 Å². The Bertz CT molecular complexity index is 1200. The summed E-state index contributed by atoms with van der Waals surface area (Å²) in [6, 6.07) is 34.4. The molecular formula is C29H25NaO3. The molecule has 4 heteroatoms. The van der Waals surface area contributed by atoms with E-state index in [2.05, 4.69) is 24.3 Å². The summed E-state index contributed by atoms with van der Waals surface area (Å²) in [5.74, 6) is -0.753. The second-order valence-corrected chi connectivity index (χ2v) is 7.93. The molecule has 0 radical (unpaired) electrons. The van der Waals surface area contributed by atoms with Crippen molar-refractivity contribution in [2.24, 2.45) is 5.92 Å². The van der Waals surface area contributed by atoms with E-state index in [-0.39, 0.29) is 29.6 Å². The average molecular weight is 445 g/mol. The van der Waals surface area contributed by atoms with Crippen LogP contribution in [0.2, 0.25) is 0 Å². The van der Waals surface area contributed by atoms with Gasteiger partial charge in [0, 0.05) is 11.5 Å². The molecule has 0 saturated carbocycles. The third-order valence-electron chi connectivity index (χ3n) is 5.55. The number of carbonyl (C=O) groups is 1. The minimum Gasteiger partial charge on any atom is -0.550 e. The second kappa shape index (κ2) is 11.9. The fourth-order valence-electron chi connectivity index (χ4n) is 3.81. The van der Waals surface area contributed by atoms with E-state index < -0.39 is 11.9 Å². The molecule has 0 aliphatic heterocycles. The maximum absolute atomic E-state index is 11.3. The molecule has 160 valence electrons. The van der Waals surface area contributed by atoms with Gasteiger partial charge in [-0.1, -0.05) is 97.9 Å². The van der Waals surface area contributed by atoms with Gasteiger partial charge in [0.15, 0.2) is 0 Å². The summed E-state index contributed by atoms with van der Waals surface area (Å²) in [5, 5.41) is 11.3. The zero-order valence-corrected chi connectivity index (χ0v) is 21.0. The summed E-state index contributed by atoms with van der Waals surface area (Å²) < 4.78 is 6.15. The van der Waals surface area contributed by atoms with Crippen molar-refractivity contribution in [3.05, 3.63) is 114 Å². The van der Waals surface area contributed by atoms with Crippen molar-refractivity contribution in [2.75, 3.05) is 0 Å². The molecule has 3 nitrogen and oxygen atoms in total. The van der Waals surface area contributed by atoms with Crippen LogP contribution in [0.1, 0.15) is 18.1 Å². The fraction of sp³-hybridized carbons (Fsp3) is 0.138. The van der Waals surface area contributed by atoms with Crippen molar-refractivity contribution in [1.29, 1.82) is 0 Å². The summed E-state index contributed by atoms with van der Waals surface area (Å²) in [4.78, 5) is 11.3. The van der Waals surface area contributed by atoms with Crippen LogP contribution in [0.4, 0.5) is 0 Å². The van der Waals surface area contributed by atoms with E-state index in [0.717, 1.165) is 39.1 Å². The first-order valence-electron chi connectivity index (χ1n) is 10.8. The summed E-state index contributed by atoms with van der Waals surface area (Å²) in [6.07, 6.45) is 0.430. The van der Waals surface area contributed by atoms with E-state index in [1.807, 2.05) is 78.9 Å². The molecule has 1 atom stereocenters. The molecule has 0 N–H and O–H groups in total. The summed E-state index contributed by atoms with van der Waals surface area (Å²) in [7, 11) is 0. The molecule has 0 aliphatic rings. The minimum absolute atomic E-state index is 0. The largest absolute Gasteiger partial charge is 1.00 e. The Labute approximate surface area is 217 Å². The van der Waals surface area contributed by atoms with Crippen LogP contribution in [0.15, 0.2) is 103 Å². The molecule has 4 aromatic carbocycles. The van der Waals surface area contributed by atoms with Crippen molar-refractivity contribution in [2.45, 2.75) is 20.0 Å². The third-order valence-corrected chi connectivity index (χ3v) is 5.55. The fourth-order valence-corrected chi connectivity index (χ4v) is 3.81. The van der Waals surface area contributed by atoms with E-state index in [9.17, 15) is 9.90 Å². The molecule has 0 heterocycles. The Balaban J connectivity index is 0.00000306. The monoisotopic (exact) mass is 444 g/mol. The van der Waals surface area contributed by atoms with Crippen molar-refractivity contribution >= 4 is 5.97 Å². The van der Waals surface area contributed by atoms with Crippen LogP contribution in [0.5, 0.6) is 5.75 Å². The Morgan fingerprint density at radius 3 is 2.12 bits per heavy atom. The maximum atomic E-state index is 11.3. The third kappa shape index (κ3) is 6.35. The van der Waals surface area contributed by atoms with E-state index in [4.69, 9.17) is 4.74 Å². The number of carboxylic acid groups (broad SMARTS) is 1. The van der Waals surface area contributed by atoms with Gasteiger partial charge in [-0.15, -0.1) is 0 Å². The van der Waals surface area contributed by atoms with Crippen LogP contribution in [0.25, 0.3) is 22.3 Å². The normalized spacial score (nSPS) is 11.3. The first-order chi connectivity index (χ1) is 15.6. The molecule has 0 amide bonds. The standard InChI is InChI=1S/C29H26O3.Na/c1-21(29(30)31)18-23-12-5-6-15-26(23)24-13-9-14-25(19-24)27-16-7-8-17-28(27)32-20-22-10-3-2-4-11-22;/h2-17,19,21H,18,20H2,1H3,(H,30,31);/q;+1/p-1. The number of para-hydroxylation sites is 1. The van der Waals surface area contributed by atoms with Crippen LogP contribution < -0.4 is 39.4 Å². The minimum atomic E-state index is -1.03. The van der Waals surface area contributed by atoms with Gasteiger partial charge in [-0.25, -0.2) is 0 Å². The SMILES string of the molecule is CC(Cc1ccccc1-c1cccc(-c2ccccc2OCc2ccccc2)c1)C(=O)[O-].[Na+]. The second-order valence-electron chi connectivity index (χ2n) is 7.93. The van der Waals surface area contributed by atoms with Gasteiger partial charge in [-0.05, 0) is 52.3 Å². The summed E-state index contributed by atoms with van der Waals surface area (Å²) in [6.45, 7) is 2.18. The Morgan fingerprint density at radius 2 is 1.39 bits per heavy atom. The average Bonchev–Trinajstić information content (AvgIpc) is 2.84. The number of benzene rings is 4. The van der Waals surface area contributed by atoms with Gasteiger partial charge in [0.25, 0.3) is 0 Å². The zero-order chi connectivity index (χ0) is 22.3. The van der Waals surface area contributed by atoms with Gasteiger partial charge in [-0.3, -0.25) is 0 Å². The molecule has 0 bridgehead atoms. The molecule has 0 aliphatic carbocycles. The molecule has 1 unspecified atom stereocenters. The van der Waals surface area contributed by atoms with Crippen LogP contribution in [-0.2, 0) is 17.8 Å².